The molecule has 0 aliphatic rings. The minimum atomic E-state index is -2.65. The summed E-state index contributed by atoms with van der Waals surface area (Å²) >= 11 is 0. The van der Waals surface area contributed by atoms with Gasteiger partial charge >= 0.3 is 0 Å². The van der Waals surface area contributed by atoms with Gasteiger partial charge in [0.05, 0.1) is 23.6 Å². The first-order chi connectivity index (χ1) is 17.2. The molecule has 4 N–H and O–H groups in total. The van der Waals surface area contributed by atoms with Crippen molar-refractivity contribution in [2.75, 3.05) is 23.6 Å². The van der Waals surface area contributed by atoms with Gasteiger partial charge in [0, 0.05) is 45.8 Å². The number of carbonyl (C=O) groups excluding carboxylic acids is 1. The standard InChI is InChI=1S/C27H29N5O3S/c1-18-5-6-22(13-19(18)2)31-17-30-21-7-9-23(10-8-21)35-24-11-12-28-26(15-24)25-14-20(16-29-25)27(33)32-36(3,4)34/h5-16,29-31H,3,17H2,1-2,4H3,(H,32,33,34). The summed E-state index contributed by atoms with van der Waals surface area (Å²) < 4.78 is 20.1. The van der Waals surface area contributed by atoms with Crippen molar-refractivity contribution in [2.24, 2.45) is 0 Å². The van der Waals surface area contributed by atoms with Gasteiger partial charge in [-0.3, -0.25) is 14.5 Å². The molecule has 186 valence electrons. The number of aryl methyl sites for hydroxylation is 2. The Morgan fingerprint density at radius 3 is 2.42 bits per heavy atom. The number of ether oxygens (including phenoxy) is 1. The molecular formula is C27H29N5O3S. The number of nitrogens with one attached hydrogen (secondary N) is 4. The molecular weight excluding hydrogens is 474 g/mol. The van der Waals surface area contributed by atoms with Crippen LogP contribution in [0, 0.1) is 13.8 Å². The van der Waals surface area contributed by atoms with Crippen LogP contribution in [-0.4, -0.2) is 38.9 Å². The van der Waals surface area contributed by atoms with E-state index in [9.17, 15) is 9.00 Å². The molecule has 8 nitrogen and oxygen atoms in total. The van der Waals surface area contributed by atoms with E-state index < -0.39 is 15.6 Å². The predicted octanol–water partition coefficient (Wildman–Crippen LogP) is 4.96. The van der Waals surface area contributed by atoms with Crippen LogP contribution < -0.4 is 20.1 Å². The second-order valence-corrected chi connectivity index (χ2v) is 10.8. The first-order valence-corrected chi connectivity index (χ1v) is 13.4. The number of H-pyrrole nitrogens is 1. The van der Waals surface area contributed by atoms with E-state index in [0.29, 0.717) is 35.1 Å². The van der Waals surface area contributed by atoms with Crippen LogP contribution >= 0.6 is 0 Å². The van der Waals surface area contributed by atoms with Crippen LogP contribution in [-0.2, 0) is 9.71 Å². The van der Waals surface area contributed by atoms with Gasteiger partial charge in [-0.1, -0.05) is 6.07 Å². The van der Waals surface area contributed by atoms with Gasteiger partial charge in [0.2, 0.25) is 0 Å². The van der Waals surface area contributed by atoms with E-state index in [1.807, 2.05) is 24.3 Å². The predicted molar refractivity (Wildman–Crippen MR) is 147 cm³/mol. The molecule has 0 radical (unpaired) electrons. The molecule has 0 fully saturated rings. The number of rotatable bonds is 9. The zero-order valence-electron chi connectivity index (χ0n) is 20.4. The molecule has 2 aromatic heterocycles. The van der Waals surface area contributed by atoms with Crippen molar-refractivity contribution in [3.8, 4) is 22.9 Å². The molecule has 2 aromatic carbocycles. The summed E-state index contributed by atoms with van der Waals surface area (Å²) in [4.78, 5) is 19.6. The number of aromatic amines is 1. The Morgan fingerprint density at radius 2 is 1.69 bits per heavy atom. The molecule has 36 heavy (non-hydrogen) atoms. The highest BCUT2D eigenvalue weighted by atomic mass is 32.2. The largest absolute Gasteiger partial charge is 0.457 e. The van der Waals surface area contributed by atoms with Crippen LogP contribution in [0.4, 0.5) is 11.4 Å². The number of amides is 1. The fourth-order valence-corrected chi connectivity index (χ4v) is 3.94. The summed E-state index contributed by atoms with van der Waals surface area (Å²) in [5.74, 6) is 4.26. The number of hydrogen-bond donors (Lipinski definition) is 4. The molecule has 4 aromatic rings. The summed E-state index contributed by atoms with van der Waals surface area (Å²) in [6.07, 6.45) is 4.53. The molecule has 0 saturated carbocycles. The minimum Gasteiger partial charge on any atom is -0.457 e. The zero-order chi connectivity index (χ0) is 25.7. The molecule has 0 saturated heterocycles. The Morgan fingerprint density at radius 1 is 0.972 bits per heavy atom. The number of aromatic nitrogens is 2. The van der Waals surface area contributed by atoms with Crippen LogP contribution in [0.25, 0.3) is 11.4 Å². The SMILES string of the molecule is C=S(C)(=O)NC(=O)c1c[nH]c(-c2cc(Oc3ccc(NCNc4ccc(C)c(C)c4)cc3)ccn2)c1. The molecule has 4 rings (SSSR count). The lowest BCUT2D eigenvalue weighted by molar-refractivity contribution is 0.0983. The molecule has 2 heterocycles. The first-order valence-electron chi connectivity index (χ1n) is 11.3. The lowest BCUT2D eigenvalue weighted by Gasteiger charge is -2.12. The van der Waals surface area contributed by atoms with Gasteiger partial charge in [0.15, 0.2) is 0 Å². The van der Waals surface area contributed by atoms with Crippen molar-refractivity contribution in [3.63, 3.8) is 0 Å². The number of pyridine rings is 1. The summed E-state index contributed by atoms with van der Waals surface area (Å²) in [7, 11) is -2.65. The van der Waals surface area contributed by atoms with Gasteiger partial charge in [-0.2, -0.15) is 0 Å². The molecule has 1 unspecified atom stereocenters. The quantitative estimate of drug-likeness (QED) is 0.190. The Kier molecular flexibility index (Phi) is 7.30. The van der Waals surface area contributed by atoms with E-state index in [0.717, 1.165) is 11.4 Å². The summed E-state index contributed by atoms with van der Waals surface area (Å²) in [5, 5.41) is 6.70. The van der Waals surface area contributed by atoms with Gasteiger partial charge in [0.1, 0.15) is 11.5 Å². The third-order valence-corrected chi connectivity index (χ3v) is 6.06. The van der Waals surface area contributed by atoms with Crippen molar-refractivity contribution >= 4 is 32.9 Å². The monoisotopic (exact) mass is 503 g/mol. The van der Waals surface area contributed by atoms with Gasteiger partial charge in [-0.15, -0.1) is 0 Å². The van der Waals surface area contributed by atoms with E-state index >= 15 is 0 Å². The molecule has 9 heteroatoms. The smallest absolute Gasteiger partial charge is 0.264 e. The van der Waals surface area contributed by atoms with E-state index in [-0.39, 0.29) is 0 Å². The number of anilines is 2. The Bertz CT molecular complexity index is 1480. The Labute approximate surface area is 211 Å². The number of carbonyl (C=O) groups is 1. The maximum absolute atomic E-state index is 12.2. The van der Waals surface area contributed by atoms with E-state index in [1.165, 1.54) is 23.6 Å². The van der Waals surface area contributed by atoms with Crippen LogP contribution in [0.15, 0.2) is 73.1 Å². The summed E-state index contributed by atoms with van der Waals surface area (Å²) in [6, 6.07) is 19.1. The highest BCUT2D eigenvalue weighted by Crippen LogP contribution is 2.26. The molecule has 0 spiro atoms. The second-order valence-electron chi connectivity index (χ2n) is 8.57. The van der Waals surface area contributed by atoms with Gasteiger partial charge in [0.25, 0.3) is 5.91 Å². The van der Waals surface area contributed by atoms with Crippen LogP contribution in [0.3, 0.4) is 0 Å². The molecule has 1 atom stereocenters. The zero-order valence-corrected chi connectivity index (χ0v) is 21.2. The third kappa shape index (κ3) is 6.67. The average molecular weight is 504 g/mol. The molecule has 1 amide bonds. The molecule has 0 aliphatic carbocycles. The van der Waals surface area contributed by atoms with E-state index in [2.05, 4.69) is 63.2 Å². The first kappa shape index (κ1) is 24.9. The topological polar surface area (TPSA) is 108 Å². The van der Waals surface area contributed by atoms with Crippen LogP contribution in [0.1, 0.15) is 21.5 Å². The van der Waals surface area contributed by atoms with Crippen molar-refractivity contribution in [1.29, 1.82) is 0 Å². The normalized spacial score (nSPS) is 12.4. The van der Waals surface area contributed by atoms with E-state index in [1.54, 1.807) is 24.4 Å². The Balaban J connectivity index is 1.35. The summed E-state index contributed by atoms with van der Waals surface area (Å²) in [5.41, 5.74) is 6.14. The second kappa shape index (κ2) is 10.6. The lowest BCUT2D eigenvalue weighted by Crippen LogP contribution is -2.28. The maximum Gasteiger partial charge on any atom is 0.264 e. The average Bonchev–Trinajstić information content (AvgIpc) is 3.33. The third-order valence-electron chi connectivity index (χ3n) is 5.44. The fraction of sp³-hybridized carbons (Fsp3) is 0.148. The maximum atomic E-state index is 12.2. The van der Waals surface area contributed by atoms with Crippen molar-refractivity contribution in [1.82, 2.24) is 14.7 Å². The lowest BCUT2D eigenvalue weighted by atomic mass is 10.1. The van der Waals surface area contributed by atoms with Gasteiger partial charge in [-0.05, 0) is 79.4 Å². The van der Waals surface area contributed by atoms with Crippen molar-refractivity contribution < 1.29 is 13.7 Å². The van der Waals surface area contributed by atoms with Gasteiger partial charge < -0.3 is 20.4 Å². The van der Waals surface area contributed by atoms with Crippen molar-refractivity contribution in [3.05, 3.63) is 89.7 Å². The highest BCUT2D eigenvalue weighted by molar-refractivity contribution is 7.98. The van der Waals surface area contributed by atoms with Crippen LogP contribution in [0.2, 0.25) is 0 Å². The number of benzene rings is 2. The van der Waals surface area contributed by atoms with Gasteiger partial charge in [-0.25, -0.2) is 4.21 Å². The fourth-order valence-electron chi connectivity index (χ4n) is 3.43. The number of nitrogens with zero attached hydrogens (tertiary/aromatic N) is 1. The Hall–Kier alpha value is -4.24. The minimum absolute atomic E-state index is 0.339. The summed E-state index contributed by atoms with van der Waals surface area (Å²) in [6.45, 7) is 4.79. The highest BCUT2D eigenvalue weighted by Gasteiger charge is 2.12. The van der Waals surface area contributed by atoms with Crippen LogP contribution in [0.5, 0.6) is 11.5 Å². The van der Waals surface area contributed by atoms with E-state index in [4.69, 9.17) is 4.74 Å². The molecule has 0 bridgehead atoms. The van der Waals surface area contributed by atoms with Crippen molar-refractivity contribution in [2.45, 2.75) is 13.8 Å². The number of hydrogen-bond acceptors (Lipinski definition) is 6. The molecule has 0 aliphatic heterocycles.